The van der Waals surface area contributed by atoms with Gasteiger partial charge in [0.15, 0.2) is 5.76 Å². The van der Waals surface area contributed by atoms with E-state index in [2.05, 4.69) is 11.4 Å². The van der Waals surface area contributed by atoms with Crippen LogP contribution in [0.5, 0.6) is 11.5 Å². The first-order chi connectivity index (χ1) is 13.7. The lowest BCUT2D eigenvalue weighted by atomic mass is 9.90. The fraction of sp³-hybridized carbons (Fsp3) is 0.261. The van der Waals surface area contributed by atoms with Crippen LogP contribution in [-0.2, 0) is 19.4 Å². The zero-order chi connectivity index (χ0) is 19.3. The largest absolute Gasteiger partial charge is 0.497 e. The van der Waals surface area contributed by atoms with E-state index in [9.17, 15) is 4.79 Å². The number of methoxy groups -OCH3 is 1. The van der Waals surface area contributed by atoms with Gasteiger partial charge >= 0.3 is 0 Å². The molecule has 5 nitrogen and oxygen atoms in total. The summed E-state index contributed by atoms with van der Waals surface area (Å²) in [5.41, 5.74) is 3.46. The second-order valence-electron chi connectivity index (χ2n) is 6.83. The van der Waals surface area contributed by atoms with Crippen molar-refractivity contribution < 1.29 is 18.7 Å². The molecule has 3 aromatic rings. The minimum atomic E-state index is -0.241. The van der Waals surface area contributed by atoms with E-state index >= 15 is 0 Å². The number of hydrogen-bond acceptors (Lipinski definition) is 4. The zero-order valence-corrected chi connectivity index (χ0v) is 15.9. The minimum Gasteiger partial charge on any atom is -0.497 e. The predicted octanol–water partition coefficient (Wildman–Crippen LogP) is 5.00. The van der Waals surface area contributed by atoms with Crippen molar-refractivity contribution in [3.05, 3.63) is 77.2 Å². The Bertz CT molecular complexity index is 959. The summed E-state index contributed by atoms with van der Waals surface area (Å²) in [6, 6.07) is 16.9. The van der Waals surface area contributed by atoms with Gasteiger partial charge in [-0.3, -0.25) is 4.79 Å². The van der Waals surface area contributed by atoms with Crippen molar-refractivity contribution in [2.45, 2.75) is 32.3 Å². The minimum absolute atomic E-state index is 0.241. The summed E-state index contributed by atoms with van der Waals surface area (Å²) >= 11 is 0. The van der Waals surface area contributed by atoms with E-state index in [0.717, 1.165) is 30.7 Å². The number of amides is 1. The van der Waals surface area contributed by atoms with E-state index in [1.165, 1.54) is 17.5 Å². The first-order valence-electron chi connectivity index (χ1n) is 9.50. The van der Waals surface area contributed by atoms with Gasteiger partial charge in [0.25, 0.3) is 5.91 Å². The van der Waals surface area contributed by atoms with Crippen molar-refractivity contribution >= 4 is 11.6 Å². The molecule has 0 aliphatic heterocycles. The van der Waals surface area contributed by atoms with Crippen LogP contribution in [0.2, 0.25) is 0 Å². The van der Waals surface area contributed by atoms with Crippen molar-refractivity contribution in [2.75, 3.05) is 12.4 Å². The maximum Gasteiger partial charge on any atom is 0.291 e. The van der Waals surface area contributed by atoms with Crippen molar-refractivity contribution in [1.82, 2.24) is 0 Å². The van der Waals surface area contributed by atoms with Gasteiger partial charge in [0, 0.05) is 5.69 Å². The van der Waals surface area contributed by atoms with Crippen LogP contribution in [0.1, 0.15) is 40.3 Å². The first-order valence-corrected chi connectivity index (χ1v) is 9.50. The van der Waals surface area contributed by atoms with Crippen LogP contribution in [0, 0.1) is 0 Å². The zero-order valence-electron chi connectivity index (χ0n) is 15.9. The van der Waals surface area contributed by atoms with Gasteiger partial charge in [0.2, 0.25) is 0 Å². The highest BCUT2D eigenvalue weighted by Gasteiger charge is 2.17. The van der Waals surface area contributed by atoms with E-state index in [1.807, 2.05) is 36.4 Å². The molecule has 0 fully saturated rings. The van der Waals surface area contributed by atoms with Crippen LogP contribution in [0.4, 0.5) is 5.69 Å². The Labute approximate surface area is 164 Å². The second-order valence-corrected chi connectivity index (χ2v) is 6.83. The number of anilines is 1. The summed E-state index contributed by atoms with van der Waals surface area (Å²) in [5, 5.41) is 3.00. The van der Waals surface area contributed by atoms with E-state index in [-0.39, 0.29) is 18.3 Å². The number of fused-ring (bicyclic) bond motifs is 1. The lowest BCUT2D eigenvalue weighted by Gasteiger charge is -2.19. The summed E-state index contributed by atoms with van der Waals surface area (Å²) in [4.78, 5) is 12.6. The average Bonchev–Trinajstić information content (AvgIpc) is 3.22. The van der Waals surface area contributed by atoms with E-state index in [4.69, 9.17) is 13.9 Å². The van der Waals surface area contributed by atoms with Crippen molar-refractivity contribution in [3.63, 3.8) is 0 Å². The number of furan rings is 1. The Morgan fingerprint density at radius 1 is 1.00 bits per heavy atom. The molecule has 28 heavy (non-hydrogen) atoms. The Morgan fingerprint density at radius 3 is 2.61 bits per heavy atom. The molecule has 144 valence electrons. The molecule has 1 amide bonds. The van der Waals surface area contributed by atoms with Gasteiger partial charge < -0.3 is 19.2 Å². The SMILES string of the molecule is COc1ccc(OCc2ccc(C(=O)Nc3cccc4c3CCCC4)o2)cc1. The summed E-state index contributed by atoms with van der Waals surface area (Å²) in [6.45, 7) is 0.250. The molecule has 1 N–H and O–H groups in total. The van der Waals surface area contributed by atoms with Gasteiger partial charge in [0.05, 0.1) is 7.11 Å². The van der Waals surface area contributed by atoms with E-state index in [1.54, 1.807) is 19.2 Å². The Kier molecular flexibility index (Phi) is 5.33. The van der Waals surface area contributed by atoms with Crippen LogP contribution >= 0.6 is 0 Å². The molecule has 2 aromatic carbocycles. The van der Waals surface area contributed by atoms with E-state index < -0.39 is 0 Å². The molecule has 1 aromatic heterocycles. The number of carbonyl (C=O) groups excluding carboxylic acids is 1. The van der Waals surface area contributed by atoms with Crippen LogP contribution in [0.15, 0.2) is 59.0 Å². The number of nitrogens with one attached hydrogen (secondary N) is 1. The molecule has 5 heteroatoms. The van der Waals surface area contributed by atoms with Crippen LogP contribution in [-0.4, -0.2) is 13.0 Å². The molecule has 0 saturated heterocycles. The number of carbonyl (C=O) groups is 1. The highest BCUT2D eigenvalue weighted by Crippen LogP contribution is 2.28. The van der Waals surface area contributed by atoms with Gasteiger partial charge in [-0.2, -0.15) is 0 Å². The lowest BCUT2D eigenvalue weighted by molar-refractivity contribution is 0.0992. The third-order valence-corrected chi connectivity index (χ3v) is 4.97. The van der Waals surface area contributed by atoms with Gasteiger partial charge in [0.1, 0.15) is 23.9 Å². The van der Waals surface area contributed by atoms with Gasteiger partial charge in [-0.1, -0.05) is 12.1 Å². The third-order valence-electron chi connectivity index (χ3n) is 4.97. The molecule has 4 rings (SSSR count). The molecule has 1 aliphatic rings. The average molecular weight is 377 g/mol. The van der Waals surface area contributed by atoms with Gasteiger partial charge in [-0.05, 0) is 79.3 Å². The molecular weight excluding hydrogens is 354 g/mol. The summed E-state index contributed by atoms with van der Waals surface area (Å²) in [5.74, 6) is 2.11. The molecule has 0 unspecified atom stereocenters. The Hall–Kier alpha value is -3.21. The quantitative estimate of drug-likeness (QED) is 0.657. The maximum absolute atomic E-state index is 12.6. The summed E-state index contributed by atoms with van der Waals surface area (Å²) < 4.78 is 16.5. The number of aryl methyl sites for hydroxylation is 1. The topological polar surface area (TPSA) is 60.7 Å². The third kappa shape index (κ3) is 4.03. The van der Waals surface area contributed by atoms with Crippen LogP contribution in [0.25, 0.3) is 0 Å². The molecule has 0 bridgehead atoms. The lowest BCUT2D eigenvalue weighted by Crippen LogP contribution is -2.14. The molecule has 0 radical (unpaired) electrons. The molecule has 0 spiro atoms. The summed E-state index contributed by atoms with van der Waals surface area (Å²) in [7, 11) is 1.62. The molecule has 0 atom stereocenters. The number of hydrogen-bond donors (Lipinski definition) is 1. The van der Waals surface area contributed by atoms with Crippen molar-refractivity contribution in [3.8, 4) is 11.5 Å². The number of ether oxygens (including phenoxy) is 2. The first kappa shape index (κ1) is 18.2. The Morgan fingerprint density at radius 2 is 1.79 bits per heavy atom. The van der Waals surface area contributed by atoms with Crippen LogP contribution in [0.3, 0.4) is 0 Å². The standard InChI is InChI=1S/C23H23NO4/c1-26-17-9-11-18(12-10-17)27-15-19-13-14-22(28-19)23(25)24-21-8-4-6-16-5-2-3-7-20(16)21/h4,6,8-14H,2-3,5,7,15H2,1H3,(H,24,25). The fourth-order valence-corrected chi connectivity index (χ4v) is 3.49. The smallest absolute Gasteiger partial charge is 0.291 e. The highest BCUT2D eigenvalue weighted by atomic mass is 16.5. The number of rotatable bonds is 6. The fourth-order valence-electron chi connectivity index (χ4n) is 3.49. The Balaban J connectivity index is 1.39. The van der Waals surface area contributed by atoms with E-state index in [0.29, 0.717) is 11.5 Å². The molecular formula is C23H23NO4. The molecule has 1 aliphatic carbocycles. The highest BCUT2D eigenvalue weighted by molar-refractivity contribution is 6.02. The van der Waals surface area contributed by atoms with Crippen LogP contribution < -0.4 is 14.8 Å². The van der Waals surface area contributed by atoms with Gasteiger partial charge in [-0.15, -0.1) is 0 Å². The van der Waals surface area contributed by atoms with Gasteiger partial charge in [-0.25, -0.2) is 0 Å². The molecule has 1 heterocycles. The van der Waals surface area contributed by atoms with Crippen molar-refractivity contribution in [1.29, 1.82) is 0 Å². The summed E-state index contributed by atoms with van der Waals surface area (Å²) in [6.07, 6.45) is 4.45. The normalized spacial score (nSPS) is 12.9. The number of benzene rings is 2. The predicted molar refractivity (Wildman–Crippen MR) is 107 cm³/mol. The maximum atomic E-state index is 12.6. The van der Waals surface area contributed by atoms with Crippen molar-refractivity contribution in [2.24, 2.45) is 0 Å². The molecule has 0 saturated carbocycles. The monoisotopic (exact) mass is 377 g/mol. The second kappa shape index (κ2) is 8.21.